The number of hydrogen-bond acceptors (Lipinski definition) is 8. The van der Waals surface area contributed by atoms with Crippen molar-refractivity contribution in [2.24, 2.45) is 0 Å². The normalized spacial score (nSPS) is 19.2. The molecule has 2 saturated heterocycles. The molecule has 0 N–H and O–H groups in total. The van der Waals surface area contributed by atoms with Gasteiger partial charge in [-0.2, -0.15) is 15.3 Å². The number of rotatable bonds is 8. The Morgan fingerprint density at radius 3 is 2.62 bits per heavy atom. The molecular weight excluding hydrogens is 582 g/mol. The van der Waals surface area contributed by atoms with Crippen LogP contribution in [0, 0.1) is 0 Å². The van der Waals surface area contributed by atoms with E-state index in [-0.39, 0.29) is 11.9 Å². The molecule has 0 aliphatic carbocycles. The first-order chi connectivity index (χ1) is 20.5. The molecule has 5 heterocycles. The minimum Gasteiger partial charge on any atom is -0.486 e. The Balaban J connectivity index is 1.30. The van der Waals surface area contributed by atoms with Gasteiger partial charge in [0.1, 0.15) is 17.5 Å². The van der Waals surface area contributed by atoms with Crippen LogP contribution in [-0.4, -0.2) is 62.8 Å². The maximum atomic E-state index is 15.9. The summed E-state index contributed by atoms with van der Waals surface area (Å²) in [4.78, 5) is 6.27. The van der Waals surface area contributed by atoms with Crippen LogP contribution in [0.3, 0.4) is 0 Å². The molecule has 0 bridgehead atoms. The lowest BCUT2D eigenvalue weighted by atomic mass is 10.1. The van der Waals surface area contributed by atoms with Crippen molar-refractivity contribution in [3.63, 3.8) is 0 Å². The van der Waals surface area contributed by atoms with Gasteiger partial charge in [0.15, 0.2) is 12.1 Å². The Bertz CT molecular complexity index is 1550. The smallest absolute Gasteiger partial charge is 0.153 e. The van der Waals surface area contributed by atoms with Crippen LogP contribution in [0.5, 0.6) is 5.75 Å². The van der Waals surface area contributed by atoms with Crippen LogP contribution in [0.4, 0.5) is 4.39 Å². The number of benzene rings is 1. The number of aromatic nitrogens is 5. The first-order valence-corrected chi connectivity index (χ1v) is 14.8. The SMILES string of the molecule is CC(Oc1ccc2c(c1)c(/C(F)=C/c1ccc(CN3CCOCC3)nn1)nn2C1CCCCO1)c1c(Cl)cncc1Cl. The largest absolute Gasteiger partial charge is 0.486 e. The van der Waals surface area contributed by atoms with E-state index < -0.39 is 11.9 Å². The van der Waals surface area contributed by atoms with Crippen molar-refractivity contribution < 1.29 is 18.6 Å². The number of fused-ring (bicyclic) bond motifs is 1. The number of morpholine rings is 1. The standard InChI is InChI=1S/C30H31Cl2FN6O3/c1-19(29-24(31)16-34-17-25(29)32)42-22-7-8-27-23(15-22)30(37-39(27)28-4-2-3-11-41-28)26(33)14-20-5-6-21(36-35-20)18-38-9-12-40-13-10-38/h5-8,14-17,19,28H,2-4,9-13,18H2,1H3/b26-14-. The monoisotopic (exact) mass is 612 g/mol. The van der Waals surface area contributed by atoms with E-state index in [0.29, 0.717) is 58.8 Å². The minimum atomic E-state index is -0.532. The topological polar surface area (TPSA) is 87.4 Å². The maximum absolute atomic E-state index is 15.9. The lowest BCUT2D eigenvalue weighted by molar-refractivity contribution is -0.0367. The van der Waals surface area contributed by atoms with Crippen LogP contribution >= 0.6 is 23.2 Å². The molecule has 220 valence electrons. The second kappa shape index (κ2) is 13.0. The van der Waals surface area contributed by atoms with Gasteiger partial charge in [0.25, 0.3) is 0 Å². The zero-order valence-corrected chi connectivity index (χ0v) is 24.7. The van der Waals surface area contributed by atoms with Crippen LogP contribution in [0.2, 0.25) is 10.0 Å². The summed E-state index contributed by atoms with van der Waals surface area (Å²) in [7, 11) is 0. The molecule has 4 aromatic rings. The van der Waals surface area contributed by atoms with E-state index in [1.165, 1.54) is 18.5 Å². The lowest BCUT2D eigenvalue weighted by Crippen LogP contribution is -2.35. The highest BCUT2D eigenvalue weighted by Crippen LogP contribution is 2.37. The first kappa shape index (κ1) is 28.9. The summed E-state index contributed by atoms with van der Waals surface area (Å²) >= 11 is 12.7. The summed E-state index contributed by atoms with van der Waals surface area (Å²) in [6.07, 6.45) is 6.45. The summed E-state index contributed by atoms with van der Waals surface area (Å²) in [6.45, 7) is 6.29. The zero-order chi connectivity index (χ0) is 29.1. The van der Waals surface area contributed by atoms with Crippen molar-refractivity contribution >= 4 is 46.0 Å². The predicted molar refractivity (Wildman–Crippen MR) is 159 cm³/mol. The first-order valence-electron chi connectivity index (χ1n) is 14.1. The summed E-state index contributed by atoms with van der Waals surface area (Å²) in [5.41, 5.74) is 2.77. The van der Waals surface area contributed by atoms with E-state index in [4.69, 9.17) is 37.4 Å². The summed E-state index contributed by atoms with van der Waals surface area (Å²) in [5, 5.41) is 14.7. The molecule has 2 unspecified atom stereocenters. The van der Waals surface area contributed by atoms with Crippen molar-refractivity contribution in [2.45, 2.75) is 45.1 Å². The molecule has 1 aromatic carbocycles. The predicted octanol–water partition coefficient (Wildman–Crippen LogP) is 6.67. The fraction of sp³-hybridized carbons (Fsp3) is 0.400. The van der Waals surface area contributed by atoms with E-state index in [9.17, 15) is 0 Å². The van der Waals surface area contributed by atoms with Crippen molar-refractivity contribution in [3.8, 4) is 5.75 Å². The Labute approximate surface area is 253 Å². The van der Waals surface area contributed by atoms with Crippen LogP contribution in [0.15, 0.2) is 42.7 Å². The van der Waals surface area contributed by atoms with E-state index in [1.54, 1.807) is 16.8 Å². The van der Waals surface area contributed by atoms with Gasteiger partial charge in [-0.25, -0.2) is 9.07 Å². The van der Waals surface area contributed by atoms with Crippen LogP contribution in [0.25, 0.3) is 22.8 Å². The van der Waals surface area contributed by atoms with Gasteiger partial charge in [-0.05, 0) is 56.5 Å². The van der Waals surface area contributed by atoms with Crippen LogP contribution in [-0.2, 0) is 16.0 Å². The van der Waals surface area contributed by atoms with E-state index in [1.807, 2.05) is 25.1 Å². The number of ether oxygens (including phenoxy) is 3. The average molecular weight is 614 g/mol. The number of halogens is 3. The number of pyridine rings is 1. The molecule has 0 spiro atoms. The molecule has 12 heteroatoms. The van der Waals surface area contributed by atoms with Crippen molar-refractivity contribution in [1.29, 1.82) is 0 Å². The Kier molecular flexibility index (Phi) is 8.97. The van der Waals surface area contributed by atoms with Gasteiger partial charge in [-0.15, -0.1) is 0 Å². The molecule has 0 amide bonds. The average Bonchev–Trinajstić information content (AvgIpc) is 3.38. The third-order valence-corrected chi connectivity index (χ3v) is 8.05. The molecule has 42 heavy (non-hydrogen) atoms. The van der Waals surface area contributed by atoms with Gasteiger partial charge in [-0.1, -0.05) is 23.2 Å². The molecule has 2 aliphatic rings. The lowest BCUT2D eigenvalue weighted by Gasteiger charge is -2.25. The van der Waals surface area contributed by atoms with Gasteiger partial charge in [0.2, 0.25) is 0 Å². The van der Waals surface area contributed by atoms with Crippen LogP contribution in [0.1, 0.15) is 61.2 Å². The van der Waals surface area contributed by atoms with Gasteiger partial charge in [-0.3, -0.25) is 9.88 Å². The van der Waals surface area contributed by atoms with Gasteiger partial charge in [0.05, 0.1) is 40.2 Å². The highest BCUT2D eigenvalue weighted by molar-refractivity contribution is 6.35. The van der Waals surface area contributed by atoms with Crippen LogP contribution < -0.4 is 4.74 Å². The summed E-state index contributed by atoms with van der Waals surface area (Å²) in [6, 6.07) is 9.12. The molecule has 0 radical (unpaired) electrons. The Hall–Kier alpha value is -3.15. The van der Waals surface area contributed by atoms with E-state index >= 15 is 4.39 Å². The van der Waals surface area contributed by atoms with Gasteiger partial charge >= 0.3 is 0 Å². The third kappa shape index (κ3) is 6.43. The fourth-order valence-corrected chi connectivity index (χ4v) is 5.97. The molecular formula is C30H31Cl2FN6O3. The van der Waals surface area contributed by atoms with Gasteiger partial charge < -0.3 is 14.2 Å². The highest BCUT2D eigenvalue weighted by atomic mass is 35.5. The second-order valence-corrected chi connectivity index (χ2v) is 11.2. The quantitative estimate of drug-likeness (QED) is 0.218. The Morgan fingerprint density at radius 2 is 1.90 bits per heavy atom. The van der Waals surface area contributed by atoms with E-state index in [0.717, 1.165) is 43.6 Å². The van der Waals surface area contributed by atoms with Gasteiger partial charge in [0, 0.05) is 55.7 Å². The fourth-order valence-electron chi connectivity index (χ4n) is 5.30. The molecule has 6 rings (SSSR count). The highest BCUT2D eigenvalue weighted by Gasteiger charge is 2.24. The van der Waals surface area contributed by atoms with Crippen molar-refractivity contribution in [3.05, 3.63) is 75.4 Å². The zero-order valence-electron chi connectivity index (χ0n) is 23.2. The van der Waals surface area contributed by atoms with Crippen molar-refractivity contribution in [1.82, 2.24) is 29.9 Å². The molecule has 2 atom stereocenters. The molecule has 2 aliphatic heterocycles. The number of nitrogens with zero attached hydrogens (tertiary/aromatic N) is 6. The minimum absolute atomic E-state index is 0.177. The second-order valence-electron chi connectivity index (χ2n) is 10.4. The molecule has 3 aromatic heterocycles. The molecule has 2 fully saturated rings. The molecule has 0 saturated carbocycles. The van der Waals surface area contributed by atoms with E-state index in [2.05, 4.69) is 25.2 Å². The third-order valence-electron chi connectivity index (χ3n) is 7.45. The maximum Gasteiger partial charge on any atom is 0.153 e. The molecule has 9 nitrogen and oxygen atoms in total. The van der Waals surface area contributed by atoms with Crippen molar-refractivity contribution in [2.75, 3.05) is 32.9 Å². The summed E-state index contributed by atoms with van der Waals surface area (Å²) < 4.78 is 35.3. The summed E-state index contributed by atoms with van der Waals surface area (Å²) in [5.74, 6) is -0.0143. The number of hydrogen-bond donors (Lipinski definition) is 0. The Morgan fingerprint density at radius 1 is 1.10 bits per heavy atom.